The van der Waals surface area contributed by atoms with Crippen molar-refractivity contribution in [2.24, 2.45) is 0 Å². The van der Waals surface area contributed by atoms with Crippen LogP contribution in [-0.4, -0.2) is 38.1 Å². The summed E-state index contributed by atoms with van der Waals surface area (Å²) in [4.78, 5) is 0.0542. The minimum absolute atomic E-state index is 0.0542. The number of aryl methyl sites for hydroxylation is 1. The number of benzene rings is 2. The maximum atomic E-state index is 12.6. The highest BCUT2D eigenvalue weighted by Gasteiger charge is 2.46. The molecule has 0 spiro atoms. The van der Waals surface area contributed by atoms with E-state index in [1.54, 1.807) is 19.1 Å². The van der Waals surface area contributed by atoms with Crippen LogP contribution in [0.25, 0.3) is 0 Å². The summed E-state index contributed by atoms with van der Waals surface area (Å²) in [5, 5.41) is 10.1. The van der Waals surface area contributed by atoms with E-state index in [4.69, 9.17) is 13.7 Å². The third-order valence-electron chi connectivity index (χ3n) is 4.25. The maximum absolute atomic E-state index is 12.6. The van der Waals surface area contributed by atoms with Crippen LogP contribution >= 0.6 is 0 Å². The molecule has 1 fully saturated rings. The third kappa shape index (κ3) is 4.31. The predicted molar refractivity (Wildman–Crippen MR) is 94.8 cm³/mol. The van der Waals surface area contributed by atoms with Gasteiger partial charge in [0.15, 0.2) is 6.29 Å². The minimum atomic E-state index is -4.00. The van der Waals surface area contributed by atoms with Gasteiger partial charge in [-0.25, -0.2) is 0 Å². The molecule has 6 nitrogen and oxygen atoms in total. The van der Waals surface area contributed by atoms with E-state index in [1.807, 2.05) is 37.3 Å². The number of aliphatic hydroxyl groups is 1. The van der Waals surface area contributed by atoms with Gasteiger partial charge in [-0.3, -0.25) is 4.18 Å². The first-order valence-corrected chi connectivity index (χ1v) is 9.77. The summed E-state index contributed by atoms with van der Waals surface area (Å²) >= 11 is 0. The first-order chi connectivity index (χ1) is 12.4. The van der Waals surface area contributed by atoms with Crippen LogP contribution in [0.4, 0.5) is 0 Å². The first kappa shape index (κ1) is 19.0. The fourth-order valence-electron chi connectivity index (χ4n) is 2.79. The smallest absolute Gasteiger partial charge is 0.297 e. The van der Waals surface area contributed by atoms with Gasteiger partial charge in [-0.15, -0.1) is 0 Å². The molecule has 4 unspecified atom stereocenters. The monoisotopic (exact) mass is 378 g/mol. The number of aliphatic hydroxyl groups excluding tert-OH is 1. The normalized spacial score (nSPS) is 26.1. The van der Waals surface area contributed by atoms with Crippen molar-refractivity contribution in [2.75, 3.05) is 0 Å². The van der Waals surface area contributed by atoms with E-state index in [9.17, 15) is 13.5 Å². The van der Waals surface area contributed by atoms with Crippen LogP contribution in [-0.2, 0) is 30.4 Å². The molecule has 0 aliphatic carbocycles. The Morgan fingerprint density at radius 3 is 2.35 bits per heavy atom. The standard InChI is InChI=1S/C19H22O6S/c1-13-8-10-16(11-9-13)26(21,22)25-17-14(2)24-19(20)18(17)23-12-15-6-4-3-5-7-15/h3-11,14,17-20H,12H2,1-2H3. The molecule has 1 heterocycles. The zero-order valence-corrected chi connectivity index (χ0v) is 15.4. The van der Waals surface area contributed by atoms with Gasteiger partial charge in [0.05, 0.1) is 17.6 Å². The van der Waals surface area contributed by atoms with Crippen molar-refractivity contribution in [3.8, 4) is 0 Å². The van der Waals surface area contributed by atoms with Gasteiger partial charge in [0.1, 0.15) is 12.2 Å². The predicted octanol–water partition coefficient (Wildman–Crippen LogP) is 2.39. The van der Waals surface area contributed by atoms with Gasteiger partial charge in [-0.1, -0.05) is 48.0 Å². The van der Waals surface area contributed by atoms with Crippen molar-refractivity contribution in [2.45, 2.75) is 50.0 Å². The SMILES string of the molecule is Cc1ccc(S(=O)(=O)OC2C(C)OC(O)C2OCc2ccccc2)cc1. The summed E-state index contributed by atoms with van der Waals surface area (Å²) in [5.74, 6) is 0. The van der Waals surface area contributed by atoms with Crippen LogP contribution in [0.15, 0.2) is 59.5 Å². The second kappa shape index (κ2) is 7.85. The van der Waals surface area contributed by atoms with Gasteiger partial charge in [-0.05, 0) is 31.5 Å². The van der Waals surface area contributed by atoms with Crippen molar-refractivity contribution < 1.29 is 27.2 Å². The van der Waals surface area contributed by atoms with E-state index in [2.05, 4.69) is 0 Å². The molecule has 1 aliphatic heterocycles. The lowest BCUT2D eigenvalue weighted by atomic mass is 10.1. The van der Waals surface area contributed by atoms with E-state index in [-0.39, 0.29) is 11.5 Å². The van der Waals surface area contributed by atoms with E-state index < -0.39 is 34.7 Å². The van der Waals surface area contributed by atoms with E-state index in [0.29, 0.717) is 0 Å². The quantitative estimate of drug-likeness (QED) is 0.778. The van der Waals surface area contributed by atoms with Crippen LogP contribution in [0.3, 0.4) is 0 Å². The van der Waals surface area contributed by atoms with E-state index in [1.165, 1.54) is 12.1 Å². The Balaban J connectivity index is 1.74. The lowest BCUT2D eigenvalue weighted by Gasteiger charge is -2.22. The molecule has 26 heavy (non-hydrogen) atoms. The number of rotatable bonds is 6. The number of ether oxygens (including phenoxy) is 2. The van der Waals surface area contributed by atoms with Crippen LogP contribution in [0.5, 0.6) is 0 Å². The van der Waals surface area contributed by atoms with Crippen molar-refractivity contribution >= 4 is 10.1 Å². The highest BCUT2D eigenvalue weighted by atomic mass is 32.2. The topological polar surface area (TPSA) is 82.1 Å². The van der Waals surface area contributed by atoms with Gasteiger partial charge in [0.25, 0.3) is 10.1 Å². The summed E-state index contributed by atoms with van der Waals surface area (Å²) in [7, 11) is -4.00. The highest BCUT2D eigenvalue weighted by molar-refractivity contribution is 7.86. The molecule has 3 rings (SSSR count). The van der Waals surface area contributed by atoms with Crippen molar-refractivity contribution in [1.29, 1.82) is 0 Å². The molecule has 2 aromatic carbocycles. The summed E-state index contributed by atoms with van der Waals surface area (Å²) in [5.41, 5.74) is 1.85. The zero-order valence-electron chi connectivity index (χ0n) is 14.6. The molecule has 4 atom stereocenters. The van der Waals surface area contributed by atoms with Crippen LogP contribution in [0, 0.1) is 6.92 Å². The average molecular weight is 378 g/mol. The van der Waals surface area contributed by atoms with E-state index >= 15 is 0 Å². The summed E-state index contributed by atoms with van der Waals surface area (Å²) in [6, 6.07) is 15.8. The third-order valence-corrected chi connectivity index (χ3v) is 5.58. The second-order valence-electron chi connectivity index (χ2n) is 6.32. The van der Waals surface area contributed by atoms with E-state index in [0.717, 1.165) is 11.1 Å². The fourth-order valence-corrected chi connectivity index (χ4v) is 3.93. The minimum Gasteiger partial charge on any atom is -0.366 e. The van der Waals surface area contributed by atoms with Gasteiger partial charge in [-0.2, -0.15) is 8.42 Å². The molecule has 0 amide bonds. The van der Waals surface area contributed by atoms with Crippen molar-refractivity contribution in [3.05, 3.63) is 65.7 Å². The Bertz CT molecular complexity index is 819. The van der Waals surface area contributed by atoms with Gasteiger partial charge < -0.3 is 14.6 Å². The Hall–Kier alpha value is -1.77. The zero-order chi connectivity index (χ0) is 18.7. The van der Waals surface area contributed by atoms with Crippen LogP contribution in [0.2, 0.25) is 0 Å². The largest absolute Gasteiger partial charge is 0.366 e. The van der Waals surface area contributed by atoms with Gasteiger partial charge in [0.2, 0.25) is 0 Å². The Kier molecular flexibility index (Phi) is 5.74. The number of hydrogen-bond donors (Lipinski definition) is 1. The average Bonchev–Trinajstić information content (AvgIpc) is 2.87. The van der Waals surface area contributed by atoms with Crippen molar-refractivity contribution in [3.63, 3.8) is 0 Å². The molecule has 1 N–H and O–H groups in total. The molecule has 0 radical (unpaired) electrons. The Morgan fingerprint density at radius 2 is 1.69 bits per heavy atom. The fraction of sp³-hybridized carbons (Fsp3) is 0.368. The summed E-state index contributed by atoms with van der Waals surface area (Å²) < 4.78 is 41.5. The van der Waals surface area contributed by atoms with Gasteiger partial charge in [0, 0.05) is 0 Å². The molecule has 1 aliphatic rings. The van der Waals surface area contributed by atoms with Crippen molar-refractivity contribution in [1.82, 2.24) is 0 Å². The molecule has 7 heteroatoms. The molecule has 2 aromatic rings. The highest BCUT2D eigenvalue weighted by Crippen LogP contribution is 2.29. The molecule has 0 aromatic heterocycles. The molecule has 0 bridgehead atoms. The summed E-state index contributed by atoms with van der Waals surface area (Å²) in [6.07, 6.45) is -3.75. The summed E-state index contributed by atoms with van der Waals surface area (Å²) in [6.45, 7) is 3.72. The molecule has 1 saturated heterocycles. The molecular formula is C19H22O6S. The van der Waals surface area contributed by atoms with Crippen LogP contribution < -0.4 is 0 Å². The maximum Gasteiger partial charge on any atom is 0.297 e. The molecule has 140 valence electrons. The number of hydrogen-bond acceptors (Lipinski definition) is 6. The molecule has 0 saturated carbocycles. The molecular weight excluding hydrogens is 356 g/mol. The lowest BCUT2D eigenvalue weighted by Crippen LogP contribution is -2.38. The van der Waals surface area contributed by atoms with Crippen LogP contribution in [0.1, 0.15) is 18.1 Å². The van der Waals surface area contributed by atoms with Gasteiger partial charge >= 0.3 is 0 Å². The second-order valence-corrected chi connectivity index (χ2v) is 7.89. The first-order valence-electron chi connectivity index (χ1n) is 8.36. The lowest BCUT2D eigenvalue weighted by molar-refractivity contribution is -0.144. The Morgan fingerprint density at radius 1 is 1.04 bits per heavy atom. The Labute approximate surface area is 153 Å².